The number of halogens is 3. The Balaban J connectivity index is 1.52. The van der Waals surface area contributed by atoms with Crippen LogP contribution in [0.3, 0.4) is 0 Å². The standard InChI is InChI=1S/C23H16ClF2N3O3/c24-14-8-7-11(25)9-13(14)21-19-12(22(31)28-21)3-1-5-16(19)27-23(32)29-10-18(30)20-15(26)4-2-6-17(20)29/h1-9,18,21,30H,10H2,(H,27,32)(H,28,31)/t18-,21+/m0/s1. The van der Waals surface area contributed by atoms with Gasteiger partial charge < -0.3 is 15.7 Å². The van der Waals surface area contributed by atoms with E-state index in [1.165, 1.54) is 35.2 Å². The lowest BCUT2D eigenvalue weighted by molar-refractivity contribution is 0.0960. The fourth-order valence-corrected chi connectivity index (χ4v) is 4.49. The largest absolute Gasteiger partial charge is 0.386 e. The molecule has 162 valence electrons. The van der Waals surface area contributed by atoms with Crippen LogP contribution < -0.4 is 15.5 Å². The third-order valence-corrected chi connectivity index (χ3v) is 6.02. The van der Waals surface area contributed by atoms with Crippen LogP contribution in [0, 0.1) is 11.6 Å². The zero-order valence-electron chi connectivity index (χ0n) is 16.4. The molecule has 2 atom stereocenters. The van der Waals surface area contributed by atoms with Gasteiger partial charge in [0.1, 0.15) is 17.7 Å². The summed E-state index contributed by atoms with van der Waals surface area (Å²) in [6.45, 7) is -0.118. The third-order valence-electron chi connectivity index (χ3n) is 5.68. The van der Waals surface area contributed by atoms with E-state index in [-0.39, 0.29) is 28.7 Å². The van der Waals surface area contributed by atoms with Crippen LogP contribution in [-0.4, -0.2) is 23.6 Å². The van der Waals surface area contributed by atoms with E-state index >= 15 is 0 Å². The predicted molar refractivity (Wildman–Crippen MR) is 115 cm³/mol. The fraction of sp³-hybridized carbons (Fsp3) is 0.130. The van der Waals surface area contributed by atoms with Gasteiger partial charge in [-0.15, -0.1) is 0 Å². The molecule has 5 rings (SSSR count). The number of aliphatic hydroxyl groups is 1. The summed E-state index contributed by atoms with van der Waals surface area (Å²) >= 11 is 6.26. The molecule has 0 fully saturated rings. The quantitative estimate of drug-likeness (QED) is 0.530. The molecule has 0 spiro atoms. The lowest BCUT2D eigenvalue weighted by Gasteiger charge is -2.21. The van der Waals surface area contributed by atoms with Gasteiger partial charge >= 0.3 is 6.03 Å². The number of benzene rings is 3. The molecule has 3 aromatic carbocycles. The van der Waals surface area contributed by atoms with Gasteiger partial charge in [0.2, 0.25) is 0 Å². The Morgan fingerprint density at radius 1 is 1.12 bits per heavy atom. The van der Waals surface area contributed by atoms with E-state index in [9.17, 15) is 23.5 Å². The molecule has 9 heteroatoms. The first kappa shape index (κ1) is 20.4. The predicted octanol–water partition coefficient (Wildman–Crippen LogP) is 4.54. The Hall–Kier alpha value is -3.49. The Bertz CT molecular complexity index is 1280. The summed E-state index contributed by atoms with van der Waals surface area (Å²) in [6.07, 6.45) is -1.15. The van der Waals surface area contributed by atoms with Gasteiger partial charge in [-0.05, 0) is 42.5 Å². The zero-order chi connectivity index (χ0) is 22.6. The summed E-state index contributed by atoms with van der Waals surface area (Å²) in [5, 5.41) is 16.0. The Morgan fingerprint density at radius 2 is 1.91 bits per heavy atom. The first-order chi connectivity index (χ1) is 15.3. The van der Waals surface area contributed by atoms with Gasteiger partial charge in [0.25, 0.3) is 5.91 Å². The molecule has 0 unspecified atom stereocenters. The lowest BCUT2D eigenvalue weighted by Crippen LogP contribution is -2.34. The first-order valence-corrected chi connectivity index (χ1v) is 10.2. The maximum atomic E-state index is 14.1. The lowest BCUT2D eigenvalue weighted by atomic mass is 9.96. The topological polar surface area (TPSA) is 81.7 Å². The number of rotatable bonds is 2. The van der Waals surface area contributed by atoms with Crippen LogP contribution in [0.15, 0.2) is 54.6 Å². The summed E-state index contributed by atoms with van der Waals surface area (Å²) < 4.78 is 28.0. The first-order valence-electron chi connectivity index (χ1n) is 9.79. The SMILES string of the molecule is O=C1N[C@H](c2cc(F)ccc2Cl)c2c(NC(=O)N3C[C@H](O)c4c(F)cccc43)cccc21. The monoisotopic (exact) mass is 455 g/mol. The van der Waals surface area contributed by atoms with Crippen LogP contribution >= 0.6 is 11.6 Å². The molecule has 0 radical (unpaired) electrons. The Kier molecular flexibility index (Phi) is 4.83. The average molecular weight is 456 g/mol. The number of amides is 3. The van der Waals surface area contributed by atoms with Gasteiger partial charge in [0, 0.05) is 33.0 Å². The molecule has 0 saturated carbocycles. The van der Waals surface area contributed by atoms with E-state index in [0.29, 0.717) is 22.4 Å². The molecule has 0 bridgehead atoms. The van der Waals surface area contributed by atoms with E-state index in [1.54, 1.807) is 24.3 Å². The summed E-state index contributed by atoms with van der Waals surface area (Å²) in [7, 11) is 0. The summed E-state index contributed by atoms with van der Waals surface area (Å²) in [5.41, 5.74) is 1.75. The molecule has 0 saturated heterocycles. The minimum Gasteiger partial charge on any atom is -0.386 e. The summed E-state index contributed by atoms with van der Waals surface area (Å²) in [5.74, 6) is -1.50. The number of nitrogens with one attached hydrogen (secondary N) is 2. The van der Waals surface area contributed by atoms with E-state index in [4.69, 9.17) is 11.6 Å². The molecule has 2 aliphatic heterocycles. The fourth-order valence-electron chi connectivity index (χ4n) is 4.26. The highest BCUT2D eigenvalue weighted by atomic mass is 35.5. The van der Waals surface area contributed by atoms with Gasteiger partial charge in [-0.3, -0.25) is 9.69 Å². The Labute approximate surface area is 186 Å². The third kappa shape index (κ3) is 3.19. The second-order valence-electron chi connectivity index (χ2n) is 7.57. The van der Waals surface area contributed by atoms with Crippen LogP contribution in [0.1, 0.15) is 39.2 Å². The van der Waals surface area contributed by atoms with Crippen LogP contribution in [0.2, 0.25) is 5.02 Å². The number of anilines is 2. The molecule has 2 heterocycles. The van der Waals surface area contributed by atoms with E-state index in [1.807, 2.05) is 0 Å². The zero-order valence-corrected chi connectivity index (χ0v) is 17.2. The minimum absolute atomic E-state index is 0.0576. The van der Waals surface area contributed by atoms with E-state index in [2.05, 4.69) is 10.6 Å². The number of carbonyl (C=O) groups is 2. The minimum atomic E-state index is -1.15. The van der Waals surface area contributed by atoms with Crippen molar-refractivity contribution in [3.8, 4) is 0 Å². The number of hydrogen-bond acceptors (Lipinski definition) is 3. The van der Waals surface area contributed by atoms with E-state index < -0.39 is 29.8 Å². The number of aliphatic hydroxyl groups excluding tert-OH is 1. The number of fused-ring (bicyclic) bond motifs is 2. The van der Waals surface area contributed by atoms with Crippen molar-refractivity contribution in [2.75, 3.05) is 16.8 Å². The van der Waals surface area contributed by atoms with Gasteiger partial charge in [-0.2, -0.15) is 0 Å². The number of urea groups is 1. The van der Waals surface area contributed by atoms with Crippen molar-refractivity contribution >= 4 is 34.9 Å². The molecule has 0 aliphatic carbocycles. The van der Waals surface area contributed by atoms with Gasteiger partial charge in [0.05, 0.1) is 18.3 Å². The molecule has 0 aromatic heterocycles. The van der Waals surface area contributed by atoms with E-state index in [0.717, 1.165) is 0 Å². The normalized spacial score (nSPS) is 18.9. The van der Waals surface area contributed by atoms with Crippen LogP contribution in [0.25, 0.3) is 0 Å². The maximum absolute atomic E-state index is 14.1. The molecule has 3 N–H and O–H groups in total. The van der Waals surface area contributed by atoms with Crippen molar-refractivity contribution in [3.63, 3.8) is 0 Å². The number of β-amino-alcohol motifs (C(OH)–C–C–N with tert-alkyl or cyclic N) is 1. The summed E-state index contributed by atoms with van der Waals surface area (Å²) in [4.78, 5) is 26.8. The highest BCUT2D eigenvalue weighted by Gasteiger charge is 2.36. The Morgan fingerprint density at radius 3 is 2.72 bits per heavy atom. The molecule has 6 nitrogen and oxygen atoms in total. The highest BCUT2D eigenvalue weighted by molar-refractivity contribution is 6.31. The molecule has 3 aromatic rings. The average Bonchev–Trinajstić information content (AvgIpc) is 3.29. The smallest absolute Gasteiger partial charge is 0.326 e. The van der Waals surface area contributed by atoms with Gasteiger partial charge in [-0.1, -0.05) is 23.7 Å². The highest BCUT2D eigenvalue weighted by Crippen LogP contribution is 2.40. The van der Waals surface area contributed by atoms with Crippen LogP contribution in [0.5, 0.6) is 0 Å². The molecule has 3 amide bonds. The van der Waals surface area contributed by atoms with Gasteiger partial charge in [0.15, 0.2) is 0 Å². The molecular formula is C23H16ClF2N3O3. The number of nitrogens with zero attached hydrogens (tertiary/aromatic N) is 1. The number of hydrogen-bond donors (Lipinski definition) is 3. The number of carbonyl (C=O) groups excluding carboxylic acids is 2. The summed E-state index contributed by atoms with van der Waals surface area (Å²) in [6, 6.07) is 11.5. The molecule has 2 aliphatic rings. The van der Waals surface area contributed by atoms with Gasteiger partial charge in [-0.25, -0.2) is 13.6 Å². The van der Waals surface area contributed by atoms with Crippen LogP contribution in [-0.2, 0) is 0 Å². The van der Waals surface area contributed by atoms with Crippen molar-refractivity contribution in [1.82, 2.24) is 5.32 Å². The second-order valence-corrected chi connectivity index (χ2v) is 7.98. The second kappa shape index (κ2) is 7.58. The van der Waals surface area contributed by atoms with Crippen molar-refractivity contribution in [2.24, 2.45) is 0 Å². The molecular weight excluding hydrogens is 440 g/mol. The van der Waals surface area contributed by atoms with Crippen molar-refractivity contribution in [2.45, 2.75) is 12.1 Å². The molecule has 32 heavy (non-hydrogen) atoms. The van der Waals surface area contributed by atoms with Crippen molar-refractivity contribution in [1.29, 1.82) is 0 Å². The van der Waals surface area contributed by atoms with Crippen LogP contribution in [0.4, 0.5) is 25.0 Å². The van der Waals surface area contributed by atoms with Crippen molar-refractivity contribution < 1.29 is 23.5 Å². The maximum Gasteiger partial charge on any atom is 0.326 e. The van der Waals surface area contributed by atoms with Crippen molar-refractivity contribution in [3.05, 3.63) is 93.5 Å².